The Morgan fingerprint density at radius 3 is 2.48 bits per heavy atom. The molecule has 23 heavy (non-hydrogen) atoms. The number of aryl methyl sites for hydroxylation is 1. The first-order valence-electron chi connectivity index (χ1n) is 8.73. The lowest BCUT2D eigenvalue weighted by molar-refractivity contribution is -0.122. The Balaban J connectivity index is 0.00000192. The molecule has 130 valence electrons. The number of anilines is 1. The van der Waals surface area contributed by atoms with Crippen molar-refractivity contribution in [3.8, 4) is 0 Å². The molecule has 0 atom stereocenters. The lowest BCUT2D eigenvalue weighted by Gasteiger charge is -2.31. The monoisotopic (exact) mass is 340 g/mol. The molecule has 1 amide bonds. The van der Waals surface area contributed by atoms with Crippen LogP contribution in [0.5, 0.6) is 0 Å². The summed E-state index contributed by atoms with van der Waals surface area (Å²) in [6, 6.07) is 2.04. The Morgan fingerprint density at radius 2 is 1.83 bits per heavy atom. The van der Waals surface area contributed by atoms with Crippen LogP contribution in [0.1, 0.15) is 75.8 Å². The van der Waals surface area contributed by atoms with Crippen molar-refractivity contribution in [2.75, 3.05) is 5.32 Å². The summed E-state index contributed by atoms with van der Waals surface area (Å²) in [5, 5.41) is 7.63. The molecular formula is C17H29ClN4O. The van der Waals surface area contributed by atoms with Crippen LogP contribution in [-0.4, -0.2) is 21.2 Å². The largest absolute Gasteiger partial charge is 0.317 e. The van der Waals surface area contributed by atoms with Crippen molar-refractivity contribution in [1.82, 2.24) is 9.78 Å². The highest BCUT2D eigenvalue weighted by molar-refractivity contribution is 5.97. The van der Waals surface area contributed by atoms with Gasteiger partial charge in [-0.1, -0.05) is 38.5 Å². The number of amides is 1. The summed E-state index contributed by atoms with van der Waals surface area (Å²) >= 11 is 0. The van der Waals surface area contributed by atoms with Gasteiger partial charge in [0.05, 0.1) is 11.2 Å². The van der Waals surface area contributed by atoms with Gasteiger partial charge in [-0.15, -0.1) is 12.4 Å². The van der Waals surface area contributed by atoms with Crippen LogP contribution < -0.4 is 11.1 Å². The highest BCUT2D eigenvalue weighted by atomic mass is 35.5. The van der Waals surface area contributed by atoms with Gasteiger partial charge in [0, 0.05) is 19.0 Å². The number of halogens is 1. The second kappa shape index (κ2) is 7.67. The summed E-state index contributed by atoms with van der Waals surface area (Å²) in [7, 11) is 1.89. The Labute approximate surface area is 144 Å². The van der Waals surface area contributed by atoms with Crippen molar-refractivity contribution in [3.63, 3.8) is 0 Å². The molecule has 2 aliphatic carbocycles. The zero-order chi connectivity index (χ0) is 15.6. The van der Waals surface area contributed by atoms with Crippen molar-refractivity contribution >= 4 is 24.1 Å². The average Bonchev–Trinajstić information content (AvgIpc) is 2.90. The molecule has 2 saturated carbocycles. The number of hydrogen-bond acceptors (Lipinski definition) is 3. The summed E-state index contributed by atoms with van der Waals surface area (Å²) in [5.41, 5.74) is 6.73. The molecule has 3 N–H and O–H groups in total. The standard InChI is InChI=1S/C17H28N4O.ClH/c1-21-15(12-14(20-21)13-8-4-2-5-9-13)19-16(22)17(18)10-6-3-7-11-17;/h12-13H,2-11,18H2,1H3,(H,19,22);1H. The second-order valence-corrected chi connectivity index (χ2v) is 7.08. The molecule has 3 rings (SSSR count). The first-order valence-corrected chi connectivity index (χ1v) is 8.73. The van der Waals surface area contributed by atoms with Gasteiger partial charge in [-0.25, -0.2) is 0 Å². The molecule has 0 aromatic carbocycles. The van der Waals surface area contributed by atoms with Crippen LogP contribution in [0.2, 0.25) is 0 Å². The smallest absolute Gasteiger partial charge is 0.245 e. The summed E-state index contributed by atoms with van der Waals surface area (Å²) in [6.45, 7) is 0. The molecule has 0 spiro atoms. The van der Waals surface area contributed by atoms with E-state index < -0.39 is 5.54 Å². The topological polar surface area (TPSA) is 72.9 Å². The van der Waals surface area contributed by atoms with E-state index in [0.29, 0.717) is 5.92 Å². The number of nitrogens with one attached hydrogen (secondary N) is 1. The third-order valence-electron chi connectivity index (χ3n) is 5.36. The number of hydrogen-bond donors (Lipinski definition) is 2. The minimum atomic E-state index is -0.701. The molecular weight excluding hydrogens is 312 g/mol. The van der Waals surface area contributed by atoms with Crippen LogP contribution in [0.25, 0.3) is 0 Å². The van der Waals surface area contributed by atoms with Crippen LogP contribution in [0.3, 0.4) is 0 Å². The van der Waals surface area contributed by atoms with Crippen LogP contribution in [-0.2, 0) is 11.8 Å². The molecule has 0 radical (unpaired) electrons. The first kappa shape index (κ1) is 18.3. The number of aromatic nitrogens is 2. The van der Waals surface area contributed by atoms with Crippen molar-refractivity contribution in [3.05, 3.63) is 11.8 Å². The molecule has 1 heterocycles. The summed E-state index contributed by atoms with van der Waals surface area (Å²) < 4.78 is 1.79. The fourth-order valence-electron chi connectivity index (χ4n) is 3.85. The molecule has 0 saturated heterocycles. The maximum Gasteiger partial charge on any atom is 0.245 e. The van der Waals surface area contributed by atoms with Gasteiger partial charge in [0.2, 0.25) is 5.91 Å². The van der Waals surface area contributed by atoms with Crippen molar-refractivity contribution in [2.24, 2.45) is 12.8 Å². The predicted octanol–water partition coefficient (Wildman–Crippen LogP) is 3.49. The van der Waals surface area contributed by atoms with Gasteiger partial charge in [-0.3, -0.25) is 9.48 Å². The van der Waals surface area contributed by atoms with Gasteiger partial charge in [0.1, 0.15) is 5.82 Å². The van der Waals surface area contributed by atoms with E-state index in [1.54, 1.807) is 4.68 Å². The first-order chi connectivity index (χ1) is 10.6. The SMILES string of the molecule is Cl.Cn1nc(C2CCCCC2)cc1NC(=O)C1(N)CCCCC1. The number of carbonyl (C=O) groups is 1. The summed E-state index contributed by atoms with van der Waals surface area (Å²) in [5.74, 6) is 1.28. The Kier molecular flexibility index (Phi) is 6.09. The molecule has 2 aliphatic rings. The van der Waals surface area contributed by atoms with Crippen LogP contribution in [0.15, 0.2) is 6.07 Å². The molecule has 0 bridgehead atoms. The minimum Gasteiger partial charge on any atom is -0.317 e. The quantitative estimate of drug-likeness (QED) is 0.884. The highest BCUT2D eigenvalue weighted by Crippen LogP contribution is 2.33. The minimum absolute atomic E-state index is 0. The number of nitrogens with two attached hydrogens (primary N) is 1. The van der Waals surface area contributed by atoms with E-state index in [0.717, 1.165) is 37.2 Å². The van der Waals surface area contributed by atoms with Gasteiger partial charge in [-0.05, 0) is 25.7 Å². The van der Waals surface area contributed by atoms with Gasteiger partial charge >= 0.3 is 0 Å². The van der Waals surface area contributed by atoms with Crippen molar-refractivity contribution in [1.29, 1.82) is 0 Å². The lowest BCUT2D eigenvalue weighted by atomic mass is 9.82. The normalized spacial score (nSPS) is 21.5. The fourth-order valence-corrected chi connectivity index (χ4v) is 3.85. The number of rotatable bonds is 3. The molecule has 2 fully saturated rings. The van der Waals surface area contributed by atoms with Crippen molar-refractivity contribution in [2.45, 2.75) is 75.7 Å². The lowest BCUT2D eigenvalue weighted by Crippen LogP contribution is -2.52. The third-order valence-corrected chi connectivity index (χ3v) is 5.36. The summed E-state index contributed by atoms with van der Waals surface area (Å²) in [6.07, 6.45) is 11.2. The second-order valence-electron chi connectivity index (χ2n) is 7.08. The molecule has 1 aromatic heterocycles. The van der Waals surface area contributed by atoms with E-state index in [1.165, 1.54) is 38.5 Å². The molecule has 1 aromatic rings. The molecule has 0 aliphatic heterocycles. The van der Waals surface area contributed by atoms with Crippen LogP contribution in [0, 0.1) is 0 Å². The maximum atomic E-state index is 12.5. The van der Waals surface area contributed by atoms with Crippen LogP contribution in [0.4, 0.5) is 5.82 Å². The summed E-state index contributed by atoms with van der Waals surface area (Å²) in [4.78, 5) is 12.5. The zero-order valence-corrected chi connectivity index (χ0v) is 14.8. The highest BCUT2D eigenvalue weighted by Gasteiger charge is 2.35. The van der Waals surface area contributed by atoms with Gasteiger partial charge in [-0.2, -0.15) is 5.10 Å². The number of carbonyl (C=O) groups excluding carboxylic acids is 1. The predicted molar refractivity (Wildman–Crippen MR) is 94.9 cm³/mol. The van der Waals surface area contributed by atoms with E-state index in [2.05, 4.69) is 10.4 Å². The van der Waals surface area contributed by atoms with Crippen molar-refractivity contribution < 1.29 is 4.79 Å². The van der Waals surface area contributed by atoms with E-state index in [9.17, 15) is 4.79 Å². The van der Waals surface area contributed by atoms with Gasteiger partial charge < -0.3 is 11.1 Å². The van der Waals surface area contributed by atoms with E-state index in [4.69, 9.17) is 5.73 Å². The third kappa shape index (κ3) is 4.07. The molecule has 6 heteroatoms. The molecule has 5 nitrogen and oxygen atoms in total. The average molecular weight is 341 g/mol. The van der Waals surface area contributed by atoms with E-state index >= 15 is 0 Å². The maximum absolute atomic E-state index is 12.5. The van der Waals surface area contributed by atoms with E-state index in [-0.39, 0.29) is 18.3 Å². The number of nitrogens with zero attached hydrogens (tertiary/aromatic N) is 2. The Morgan fingerprint density at radius 1 is 1.22 bits per heavy atom. The molecule has 0 unspecified atom stereocenters. The fraction of sp³-hybridized carbons (Fsp3) is 0.765. The van der Waals surface area contributed by atoms with Gasteiger partial charge in [0.25, 0.3) is 0 Å². The van der Waals surface area contributed by atoms with Crippen LogP contribution >= 0.6 is 12.4 Å². The Hall–Kier alpha value is -1.07. The van der Waals surface area contributed by atoms with E-state index in [1.807, 2.05) is 13.1 Å². The zero-order valence-electron chi connectivity index (χ0n) is 14.0. The Bertz CT molecular complexity index is 531. The van der Waals surface area contributed by atoms with Gasteiger partial charge in [0.15, 0.2) is 0 Å².